The number of anilines is 1. The summed E-state index contributed by atoms with van der Waals surface area (Å²) in [4.78, 5) is 7.08. The number of halogens is 1. The number of fused-ring (bicyclic) bond motifs is 1. The third kappa shape index (κ3) is 5.64. The van der Waals surface area contributed by atoms with Crippen LogP contribution in [-0.2, 0) is 0 Å². The fourth-order valence-electron chi connectivity index (χ4n) is 3.31. The molecule has 7 heteroatoms. The van der Waals surface area contributed by atoms with Crippen molar-refractivity contribution in [3.63, 3.8) is 0 Å². The molecule has 0 unspecified atom stereocenters. The Hall–Kier alpha value is -1.22. The number of rotatable bonds is 4. The van der Waals surface area contributed by atoms with Gasteiger partial charge in [-0.3, -0.25) is 9.89 Å². The van der Waals surface area contributed by atoms with Gasteiger partial charge in [0, 0.05) is 23.7 Å². The summed E-state index contributed by atoms with van der Waals surface area (Å²) in [7, 11) is 0. The van der Waals surface area contributed by atoms with Gasteiger partial charge in [-0.25, -0.2) is 0 Å². The molecule has 26 heavy (non-hydrogen) atoms. The third-order valence-corrected chi connectivity index (χ3v) is 4.87. The monoisotopic (exact) mass is 474 g/mol. The summed E-state index contributed by atoms with van der Waals surface area (Å²) in [5.41, 5.74) is 6.99. The minimum absolute atomic E-state index is 0. The first kappa shape index (κ1) is 21.1. The second-order valence-electron chi connectivity index (χ2n) is 7.40. The number of benzene rings is 1. The summed E-state index contributed by atoms with van der Waals surface area (Å²) in [6.45, 7) is 8.82. The van der Waals surface area contributed by atoms with Gasteiger partial charge in [0.05, 0.1) is 19.8 Å². The smallest absolute Gasteiger partial charge is 0.193 e. The maximum absolute atomic E-state index is 6.10. The molecule has 0 radical (unpaired) electrons. The summed E-state index contributed by atoms with van der Waals surface area (Å²) in [5, 5.41) is 3.16. The number of likely N-dealkylation sites (tertiary alicyclic amines) is 1. The molecule has 2 aliphatic rings. The van der Waals surface area contributed by atoms with E-state index < -0.39 is 0 Å². The zero-order valence-corrected chi connectivity index (χ0v) is 18.1. The third-order valence-electron chi connectivity index (χ3n) is 4.87. The molecule has 2 heterocycles. The lowest BCUT2D eigenvalue weighted by Gasteiger charge is -2.40. The molecule has 0 bridgehead atoms. The number of ether oxygens (including phenoxy) is 2. The highest BCUT2D eigenvalue weighted by Crippen LogP contribution is 2.32. The van der Waals surface area contributed by atoms with Crippen molar-refractivity contribution < 1.29 is 9.47 Å². The van der Waals surface area contributed by atoms with Crippen molar-refractivity contribution >= 4 is 35.6 Å². The fourth-order valence-corrected chi connectivity index (χ4v) is 3.31. The lowest BCUT2D eigenvalue weighted by atomic mass is 9.99. The molecule has 1 saturated heterocycles. The van der Waals surface area contributed by atoms with Gasteiger partial charge in [-0.2, -0.15) is 0 Å². The number of nitrogens with one attached hydrogen (secondary N) is 1. The van der Waals surface area contributed by atoms with Gasteiger partial charge in [0.25, 0.3) is 0 Å². The van der Waals surface area contributed by atoms with Crippen molar-refractivity contribution in [3.05, 3.63) is 18.2 Å². The molecule has 0 saturated carbocycles. The summed E-state index contributed by atoms with van der Waals surface area (Å²) in [5.74, 6) is 1.97. The Balaban J connectivity index is 0.00000243. The van der Waals surface area contributed by atoms with E-state index in [1.807, 2.05) is 18.2 Å². The van der Waals surface area contributed by atoms with Gasteiger partial charge in [0.1, 0.15) is 0 Å². The van der Waals surface area contributed by atoms with Crippen molar-refractivity contribution in [2.24, 2.45) is 10.7 Å². The van der Waals surface area contributed by atoms with E-state index in [-0.39, 0.29) is 29.5 Å². The number of nitrogens with zero attached hydrogens (tertiary/aromatic N) is 2. The Labute approximate surface area is 173 Å². The maximum Gasteiger partial charge on any atom is 0.193 e. The van der Waals surface area contributed by atoms with Crippen LogP contribution in [0.1, 0.15) is 39.5 Å². The second-order valence-corrected chi connectivity index (χ2v) is 7.40. The first-order chi connectivity index (χ1) is 12.0. The summed E-state index contributed by atoms with van der Waals surface area (Å²) in [6, 6.07) is 5.76. The van der Waals surface area contributed by atoms with Crippen molar-refractivity contribution in [1.82, 2.24) is 4.90 Å². The molecule has 0 aromatic heterocycles. The minimum Gasteiger partial charge on any atom is -0.490 e. The van der Waals surface area contributed by atoms with Crippen molar-refractivity contribution in [2.45, 2.75) is 45.1 Å². The molecule has 0 spiro atoms. The molecule has 6 nitrogen and oxygen atoms in total. The molecule has 1 aromatic rings. The van der Waals surface area contributed by atoms with E-state index in [1.54, 1.807) is 0 Å². The number of guanidine groups is 1. The van der Waals surface area contributed by atoms with Crippen LogP contribution in [0.3, 0.4) is 0 Å². The van der Waals surface area contributed by atoms with Gasteiger partial charge in [-0.15, -0.1) is 24.0 Å². The fraction of sp³-hybridized carbons (Fsp3) is 0.632. The lowest BCUT2D eigenvalue weighted by molar-refractivity contribution is 0.102. The van der Waals surface area contributed by atoms with Crippen LogP contribution in [0, 0.1) is 0 Å². The quantitative estimate of drug-likeness (QED) is 0.398. The lowest BCUT2D eigenvalue weighted by Crippen LogP contribution is -2.49. The minimum atomic E-state index is 0. The predicted octanol–water partition coefficient (Wildman–Crippen LogP) is 3.46. The Kier molecular flexibility index (Phi) is 7.82. The molecule has 146 valence electrons. The first-order valence-corrected chi connectivity index (χ1v) is 9.26. The second kappa shape index (κ2) is 9.64. The van der Waals surface area contributed by atoms with Crippen LogP contribution in [0.4, 0.5) is 5.69 Å². The van der Waals surface area contributed by atoms with Crippen molar-refractivity contribution in [3.8, 4) is 11.5 Å². The number of aliphatic imine (C=N–C) groups is 1. The normalized spacial score (nSPS) is 18.6. The van der Waals surface area contributed by atoms with E-state index >= 15 is 0 Å². The van der Waals surface area contributed by atoms with Gasteiger partial charge in [0.15, 0.2) is 17.5 Å². The van der Waals surface area contributed by atoms with Gasteiger partial charge in [0.2, 0.25) is 0 Å². The molecule has 0 amide bonds. The first-order valence-electron chi connectivity index (χ1n) is 9.26. The van der Waals surface area contributed by atoms with E-state index in [4.69, 9.17) is 15.2 Å². The van der Waals surface area contributed by atoms with Crippen LogP contribution in [0.25, 0.3) is 0 Å². The topological polar surface area (TPSA) is 72.1 Å². The number of hydrogen-bond donors (Lipinski definition) is 2. The summed E-state index contributed by atoms with van der Waals surface area (Å²) < 4.78 is 11.4. The van der Waals surface area contributed by atoms with Crippen molar-refractivity contribution in [2.75, 3.05) is 38.2 Å². The van der Waals surface area contributed by atoms with E-state index in [1.165, 1.54) is 19.3 Å². The maximum atomic E-state index is 6.10. The average molecular weight is 474 g/mol. The highest BCUT2D eigenvalue weighted by Gasteiger charge is 2.27. The Morgan fingerprint density at radius 2 is 1.81 bits per heavy atom. The molecule has 3 rings (SSSR count). The average Bonchev–Trinajstić information content (AvgIpc) is 2.86. The van der Waals surface area contributed by atoms with E-state index in [0.717, 1.165) is 36.7 Å². The Morgan fingerprint density at radius 3 is 2.54 bits per heavy atom. The van der Waals surface area contributed by atoms with Crippen LogP contribution in [0.2, 0.25) is 0 Å². The van der Waals surface area contributed by atoms with Gasteiger partial charge < -0.3 is 20.5 Å². The number of hydrogen-bond acceptors (Lipinski definition) is 4. The molecule has 1 fully saturated rings. The molecule has 0 aliphatic carbocycles. The van der Waals surface area contributed by atoms with E-state index in [2.05, 4.69) is 29.1 Å². The van der Waals surface area contributed by atoms with Crippen LogP contribution in [-0.4, -0.2) is 49.2 Å². The molecule has 1 aromatic carbocycles. The van der Waals surface area contributed by atoms with Crippen LogP contribution in [0.5, 0.6) is 11.5 Å². The van der Waals surface area contributed by atoms with E-state index in [9.17, 15) is 0 Å². The zero-order chi connectivity index (χ0) is 17.7. The van der Waals surface area contributed by atoms with Gasteiger partial charge >= 0.3 is 0 Å². The van der Waals surface area contributed by atoms with Gasteiger partial charge in [-0.05, 0) is 51.9 Å². The number of nitrogens with two attached hydrogens (primary N) is 1. The largest absolute Gasteiger partial charge is 0.490 e. The van der Waals surface area contributed by atoms with Crippen LogP contribution in [0.15, 0.2) is 23.2 Å². The Morgan fingerprint density at radius 1 is 1.12 bits per heavy atom. The molecule has 2 aliphatic heterocycles. The van der Waals surface area contributed by atoms with Gasteiger partial charge in [-0.1, -0.05) is 6.42 Å². The standard InChI is InChI=1S/C19H30N4O2.HI/c1-19(2,23-9-4-3-5-10-23)14-21-18(20)22-15-7-8-16-17(13-15)25-12-6-11-24-16;/h7-8,13H,3-6,9-12,14H2,1-2H3,(H3,20,21,22);1H. The Bertz CT molecular complexity index is 616. The van der Waals surface area contributed by atoms with Crippen molar-refractivity contribution in [1.29, 1.82) is 0 Å². The zero-order valence-electron chi connectivity index (χ0n) is 15.8. The molecular formula is C19H31IN4O2. The predicted molar refractivity (Wildman–Crippen MR) is 117 cm³/mol. The SMILES string of the molecule is CC(C)(CN=C(N)Nc1ccc2c(c1)OCCCO2)N1CCCCC1.I. The highest BCUT2D eigenvalue weighted by atomic mass is 127. The molecule has 0 atom stereocenters. The van der Waals surface area contributed by atoms with Crippen LogP contribution < -0.4 is 20.5 Å². The van der Waals surface area contributed by atoms with Crippen LogP contribution >= 0.6 is 24.0 Å². The summed E-state index contributed by atoms with van der Waals surface area (Å²) >= 11 is 0. The molecular weight excluding hydrogens is 443 g/mol. The molecule has 3 N–H and O–H groups in total. The summed E-state index contributed by atoms with van der Waals surface area (Å²) in [6.07, 6.45) is 4.78. The highest BCUT2D eigenvalue weighted by molar-refractivity contribution is 14.0. The van der Waals surface area contributed by atoms with E-state index in [0.29, 0.717) is 25.7 Å². The number of piperidine rings is 1.